The summed E-state index contributed by atoms with van der Waals surface area (Å²) < 4.78 is 0. The van der Waals surface area contributed by atoms with Crippen molar-refractivity contribution in [3.63, 3.8) is 0 Å². The first kappa shape index (κ1) is 14.3. The summed E-state index contributed by atoms with van der Waals surface area (Å²) >= 11 is 0. The van der Waals surface area contributed by atoms with Gasteiger partial charge in [0.2, 0.25) is 0 Å². The van der Waals surface area contributed by atoms with E-state index < -0.39 is 0 Å². The second-order valence-corrected chi connectivity index (χ2v) is 6.46. The molecule has 0 aromatic carbocycles. The van der Waals surface area contributed by atoms with Gasteiger partial charge in [-0.05, 0) is 32.7 Å². The number of hydrogen-bond donors (Lipinski definition) is 1. The first-order valence-corrected chi connectivity index (χ1v) is 7.79. The third-order valence-electron chi connectivity index (χ3n) is 5.42. The Labute approximate surface area is 113 Å². The van der Waals surface area contributed by atoms with Gasteiger partial charge < -0.3 is 10.6 Å². The molecule has 18 heavy (non-hydrogen) atoms. The molecule has 1 aliphatic heterocycles. The van der Waals surface area contributed by atoms with Crippen LogP contribution in [-0.2, 0) is 0 Å². The first-order chi connectivity index (χ1) is 8.64. The molecule has 3 heteroatoms. The van der Waals surface area contributed by atoms with Crippen LogP contribution < -0.4 is 5.73 Å². The first-order valence-electron chi connectivity index (χ1n) is 7.79. The van der Waals surface area contributed by atoms with Gasteiger partial charge in [0.1, 0.15) is 0 Å². The molecule has 0 aromatic rings. The number of hydrogen-bond acceptors (Lipinski definition) is 3. The number of nitrogens with two attached hydrogens (primary N) is 1. The van der Waals surface area contributed by atoms with Gasteiger partial charge in [-0.2, -0.15) is 0 Å². The Morgan fingerprint density at radius 1 is 1.28 bits per heavy atom. The number of nitrogens with zero attached hydrogens (tertiary/aromatic N) is 2. The average molecular weight is 253 g/mol. The smallest absolute Gasteiger partial charge is 0.0363 e. The molecule has 0 amide bonds. The second-order valence-electron chi connectivity index (χ2n) is 6.46. The van der Waals surface area contributed by atoms with Crippen LogP contribution >= 0.6 is 0 Å². The van der Waals surface area contributed by atoms with E-state index in [1.807, 2.05) is 0 Å². The zero-order valence-corrected chi connectivity index (χ0v) is 12.5. The Morgan fingerprint density at radius 2 is 2.06 bits per heavy atom. The van der Waals surface area contributed by atoms with Gasteiger partial charge in [-0.15, -0.1) is 0 Å². The van der Waals surface area contributed by atoms with Gasteiger partial charge in [0.25, 0.3) is 0 Å². The van der Waals surface area contributed by atoms with Crippen molar-refractivity contribution in [2.24, 2.45) is 11.7 Å². The van der Waals surface area contributed by atoms with Gasteiger partial charge in [0.05, 0.1) is 0 Å². The molecular formula is C15H31N3. The molecule has 2 N–H and O–H groups in total. The molecule has 3 atom stereocenters. The molecule has 1 saturated heterocycles. The van der Waals surface area contributed by atoms with E-state index in [0.717, 1.165) is 12.5 Å². The molecular weight excluding hydrogens is 222 g/mol. The maximum atomic E-state index is 6.28. The summed E-state index contributed by atoms with van der Waals surface area (Å²) in [7, 11) is 2.24. The number of piperazine rings is 1. The Morgan fingerprint density at radius 3 is 2.67 bits per heavy atom. The fourth-order valence-electron chi connectivity index (χ4n) is 4.44. The van der Waals surface area contributed by atoms with Gasteiger partial charge in [0.15, 0.2) is 0 Å². The third-order valence-corrected chi connectivity index (χ3v) is 5.42. The maximum Gasteiger partial charge on any atom is 0.0363 e. The van der Waals surface area contributed by atoms with Crippen molar-refractivity contribution < 1.29 is 0 Å². The van der Waals surface area contributed by atoms with Crippen LogP contribution in [0.3, 0.4) is 0 Å². The fraction of sp³-hybridized carbons (Fsp3) is 1.00. The van der Waals surface area contributed by atoms with Crippen molar-refractivity contribution in [2.45, 2.75) is 57.5 Å². The van der Waals surface area contributed by atoms with E-state index in [0.29, 0.717) is 11.6 Å². The van der Waals surface area contributed by atoms with Crippen molar-refractivity contribution in [3.8, 4) is 0 Å². The number of likely N-dealkylation sites (N-methyl/N-ethyl adjacent to an activating group) is 1. The van der Waals surface area contributed by atoms with E-state index in [2.05, 4.69) is 30.7 Å². The number of rotatable bonds is 3. The minimum absolute atomic E-state index is 0.299. The fourth-order valence-corrected chi connectivity index (χ4v) is 4.44. The summed E-state index contributed by atoms with van der Waals surface area (Å²) in [6.07, 6.45) is 6.76. The zero-order chi connectivity index (χ0) is 13.2. The molecule has 0 radical (unpaired) electrons. The SMILES string of the molecule is CCC1CCCCC1(CN)N1CCN(C)CC1C. The average Bonchev–Trinajstić information content (AvgIpc) is 2.38. The highest BCUT2D eigenvalue weighted by Gasteiger charge is 2.45. The van der Waals surface area contributed by atoms with Crippen molar-refractivity contribution in [3.05, 3.63) is 0 Å². The summed E-state index contributed by atoms with van der Waals surface area (Å²) in [5, 5.41) is 0. The van der Waals surface area contributed by atoms with E-state index in [1.54, 1.807) is 0 Å². The van der Waals surface area contributed by atoms with Gasteiger partial charge in [-0.25, -0.2) is 0 Å². The van der Waals surface area contributed by atoms with Gasteiger partial charge >= 0.3 is 0 Å². The van der Waals surface area contributed by atoms with Gasteiger partial charge in [-0.3, -0.25) is 4.90 Å². The van der Waals surface area contributed by atoms with Crippen LogP contribution in [-0.4, -0.2) is 54.6 Å². The highest BCUT2D eigenvalue weighted by atomic mass is 15.3. The lowest BCUT2D eigenvalue weighted by atomic mass is 9.69. The van der Waals surface area contributed by atoms with Gasteiger partial charge in [-0.1, -0.05) is 26.2 Å². The van der Waals surface area contributed by atoms with Crippen LogP contribution in [0, 0.1) is 5.92 Å². The summed E-state index contributed by atoms with van der Waals surface area (Å²) in [4.78, 5) is 5.22. The molecule has 0 bridgehead atoms. The minimum Gasteiger partial charge on any atom is -0.329 e. The lowest BCUT2D eigenvalue weighted by molar-refractivity contribution is -0.0517. The third kappa shape index (κ3) is 2.45. The molecule has 0 spiro atoms. The molecule has 0 aromatic heterocycles. The predicted molar refractivity (Wildman–Crippen MR) is 77.7 cm³/mol. The topological polar surface area (TPSA) is 32.5 Å². The van der Waals surface area contributed by atoms with Gasteiger partial charge in [0, 0.05) is 37.8 Å². The molecule has 1 heterocycles. The van der Waals surface area contributed by atoms with E-state index in [9.17, 15) is 0 Å². The summed E-state index contributed by atoms with van der Waals surface area (Å²) in [6, 6.07) is 0.652. The lowest BCUT2D eigenvalue weighted by Gasteiger charge is -2.55. The van der Waals surface area contributed by atoms with Crippen LogP contribution in [0.5, 0.6) is 0 Å². The van der Waals surface area contributed by atoms with Crippen molar-refractivity contribution in [1.29, 1.82) is 0 Å². The zero-order valence-electron chi connectivity index (χ0n) is 12.5. The Kier molecular flexibility index (Phi) is 4.68. The highest BCUT2D eigenvalue weighted by molar-refractivity contribution is 5.02. The Balaban J connectivity index is 2.19. The van der Waals surface area contributed by atoms with E-state index in [4.69, 9.17) is 5.73 Å². The quantitative estimate of drug-likeness (QED) is 0.834. The maximum absolute atomic E-state index is 6.28. The molecule has 3 nitrogen and oxygen atoms in total. The lowest BCUT2D eigenvalue weighted by Crippen LogP contribution is -2.66. The minimum atomic E-state index is 0.299. The van der Waals surface area contributed by atoms with Crippen LogP contribution in [0.15, 0.2) is 0 Å². The molecule has 2 fully saturated rings. The van der Waals surface area contributed by atoms with E-state index in [1.165, 1.54) is 51.7 Å². The molecule has 2 aliphatic rings. The van der Waals surface area contributed by atoms with Crippen molar-refractivity contribution >= 4 is 0 Å². The highest BCUT2D eigenvalue weighted by Crippen LogP contribution is 2.41. The molecule has 1 saturated carbocycles. The molecule has 2 rings (SSSR count). The van der Waals surface area contributed by atoms with Crippen molar-refractivity contribution in [2.75, 3.05) is 33.2 Å². The standard InChI is InChI=1S/C15H31N3/c1-4-14-7-5-6-8-15(14,12-16)18-10-9-17(3)11-13(18)2/h13-14H,4-12,16H2,1-3H3. The van der Waals surface area contributed by atoms with Crippen molar-refractivity contribution in [1.82, 2.24) is 9.80 Å². The largest absolute Gasteiger partial charge is 0.329 e. The van der Waals surface area contributed by atoms with E-state index in [-0.39, 0.29) is 0 Å². The van der Waals surface area contributed by atoms with Crippen LogP contribution in [0.1, 0.15) is 46.0 Å². The Bertz CT molecular complexity index is 268. The second kappa shape index (κ2) is 5.89. The normalized spacial score (nSPS) is 40.0. The van der Waals surface area contributed by atoms with Crippen LogP contribution in [0.2, 0.25) is 0 Å². The summed E-state index contributed by atoms with van der Waals surface area (Å²) in [6.45, 7) is 9.17. The monoisotopic (exact) mass is 253 g/mol. The Hall–Kier alpha value is -0.120. The summed E-state index contributed by atoms with van der Waals surface area (Å²) in [5.41, 5.74) is 6.58. The van der Waals surface area contributed by atoms with E-state index >= 15 is 0 Å². The van der Waals surface area contributed by atoms with Crippen LogP contribution in [0.25, 0.3) is 0 Å². The summed E-state index contributed by atoms with van der Waals surface area (Å²) in [5.74, 6) is 0.808. The molecule has 106 valence electrons. The molecule has 1 aliphatic carbocycles. The van der Waals surface area contributed by atoms with Crippen LogP contribution in [0.4, 0.5) is 0 Å². The molecule has 3 unspecified atom stereocenters. The predicted octanol–water partition coefficient (Wildman–Crippen LogP) is 1.92.